The number of esters is 1. The van der Waals surface area contributed by atoms with E-state index in [0.717, 1.165) is 0 Å². The van der Waals surface area contributed by atoms with E-state index in [4.69, 9.17) is 9.47 Å². The van der Waals surface area contributed by atoms with Gasteiger partial charge in [-0.25, -0.2) is 0 Å². The minimum absolute atomic E-state index is 0.116. The average molecular weight is 346 g/mol. The van der Waals surface area contributed by atoms with E-state index in [1.807, 2.05) is 0 Å². The van der Waals surface area contributed by atoms with Crippen LogP contribution in [0.4, 0.5) is 0 Å². The Hall–Kier alpha value is -1.76. The number of benzene rings is 1. The Morgan fingerprint density at radius 2 is 1.70 bits per heavy atom. The summed E-state index contributed by atoms with van der Waals surface area (Å²) in [5.74, 6) is 0.236. The van der Waals surface area contributed by atoms with Crippen LogP contribution in [0.3, 0.4) is 0 Å². The molecule has 0 aliphatic rings. The molecule has 0 aliphatic heterocycles. The van der Waals surface area contributed by atoms with E-state index in [1.54, 1.807) is 18.2 Å². The number of hydrogen-bond acceptors (Lipinski definition) is 5. The summed E-state index contributed by atoms with van der Waals surface area (Å²) in [6, 6.07) is 4.83. The zero-order valence-corrected chi connectivity index (χ0v) is 13.0. The van der Waals surface area contributed by atoms with Crippen LogP contribution in [0.15, 0.2) is 18.2 Å². The number of methoxy groups -OCH3 is 3. The maximum atomic E-state index is 12.0. The first-order valence-corrected chi connectivity index (χ1v) is 6.66. The molecule has 0 heterocycles. The summed E-state index contributed by atoms with van der Waals surface area (Å²) in [5.41, 5.74) is 0.380. The zero-order valence-electron chi connectivity index (χ0n) is 11.4. The van der Waals surface area contributed by atoms with Crippen molar-refractivity contribution in [2.75, 3.05) is 27.9 Å². The predicted octanol–water partition coefficient (Wildman–Crippen LogP) is 1.37. The van der Waals surface area contributed by atoms with Crippen molar-refractivity contribution in [3.8, 4) is 11.5 Å². The Morgan fingerprint density at radius 1 is 1.15 bits per heavy atom. The molecule has 20 heavy (non-hydrogen) atoms. The van der Waals surface area contributed by atoms with Gasteiger partial charge in [0.2, 0.25) is 0 Å². The number of rotatable bonds is 6. The van der Waals surface area contributed by atoms with E-state index < -0.39 is 10.8 Å². The van der Waals surface area contributed by atoms with Crippen LogP contribution in [-0.4, -0.2) is 44.6 Å². The van der Waals surface area contributed by atoms with Gasteiger partial charge < -0.3 is 19.5 Å². The average Bonchev–Trinajstić information content (AvgIpc) is 2.50. The third kappa shape index (κ3) is 4.41. The maximum absolute atomic E-state index is 12.0. The predicted molar refractivity (Wildman–Crippen MR) is 76.6 cm³/mol. The van der Waals surface area contributed by atoms with E-state index >= 15 is 0 Å². The van der Waals surface area contributed by atoms with Gasteiger partial charge in [0.15, 0.2) is 0 Å². The topological polar surface area (TPSA) is 73.9 Å². The third-order valence-electron chi connectivity index (χ3n) is 2.51. The second-order valence-electron chi connectivity index (χ2n) is 3.80. The lowest BCUT2D eigenvalue weighted by atomic mass is 10.2. The first-order valence-electron chi connectivity index (χ1n) is 5.75. The summed E-state index contributed by atoms with van der Waals surface area (Å²) in [4.78, 5) is 22.6. The van der Waals surface area contributed by atoms with E-state index in [1.165, 1.54) is 21.3 Å². The molecule has 1 atom stereocenters. The second-order valence-corrected chi connectivity index (χ2v) is 4.91. The number of ether oxygens (including phenoxy) is 3. The fraction of sp³-hybridized carbons (Fsp3) is 0.385. The van der Waals surface area contributed by atoms with Gasteiger partial charge in [-0.05, 0) is 12.1 Å². The summed E-state index contributed by atoms with van der Waals surface area (Å²) in [5, 5.41) is 2.62. The monoisotopic (exact) mass is 345 g/mol. The van der Waals surface area contributed by atoms with E-state index in [2.05, 4.69) is 26.0 Å². The molecule has 0 spiro atoms. The highest BCUT2D eigenvalue weighted by Crippen LogP contribution is 2.22. The first kappa shape index (κ1) is 16.3. The van der Waals surface area contributed by atoms with Crippen LogP contribution in [-0.2, 0) is 9.53 Å². The lowest BCUT2D eigenvalue weighted by Gasteiger charge is -2.11. The normalized spacial score (nSPS) is 11.4. The van der Waals surface area contributed by atoms with Gasteiger partial charge in [-0.15, -0.1) is 0 Å². The van der Waals surface area contributed by atoms with Gasteiger partial charge in [-0.2, -0.15) is 0 Å². The van der Waals surface area contributed by atoms with Crippen molar-refractivity contribution >= 4 is 27.8 Å². The largest absolute Gasteiger partial charge is 0.497 e. The quantitative estimate of drug-likeness (QED) is 0.622. The number of alkyl halides is 1. The molecule has 1 N–H and O–H groups in total. The Labute approximate surface area is 125 Å². The maximum Gasteiger partial charge on any atom is 0.321 e. The van der Waals surface area contributed by atoms with Gasteiger partial charge in [0.05, 0.1) is 21.3 Å². The number of halogens is 1. The highest BCUT2D eigenvalue weighted by Gasteiger charge is 2.17. The van der Waals surface area contributed by atoms with E-state index in [9.17, 15) is 9.59 Å². The molecule has 0 saturated carbocycles. The number of carbonyl (C=O) groups excluding carboxylic acids is 2. The van der Waals surface area contributed by atoms with Crippen molar-refractivity contribution in [2.24, 2.45) is 0 Å². The molecule has 0 saturated heterocycles. The van der Waals surface area contributed by atoms with Crippen LogP contribution in [0.5, 0.6) is 11.5 Å². The van der Waals surface area contributed by atoms with Crippen LogP contribution in [0.25, 0.3) is 0 Å². The summed E-state index contributed by atoms with van der Waals surface area (Å²) in [6.07, 6.45) is 0. The van der Waals surface area contributed by atoms with Crippen LogP contribution >= 0.6 is 15.9 Å². The van der Waals surface area contributed by atoms with Gasteiger partial charge >= 0.3 is 5.97 Å². The Kier molecular flexibility index (Phi) is 6.30. The van der Waals surface area contributed by atoms with Crippen LogP contribution in [0.1, 0.15) is 10.4 Å². The van der Waals surface area contributed by atoms with Crippen molar-refractivity contribution in [3.63, 3.8) is 0 Å². The van der Waals surface area contributed by atoms with Crippen molar-refractivity contribution in [1.29, 1.82) is 0 Å². The molecule has 7 heteroatoms. The number of carbonyl (C=O) groups is 2. The minimum atomic E-state index is -0.594. The highest BCUT2D eigenvalue weighted by atomic mass is 79.9. The highest BCUT2D eigenvalue weighted by molar-refractivity contribution is 9.10. The molecule has 0 radical (unpaired) electrons. The molecule has 0 aromatic heterocycles. The molecule has 0 aliphatic carbocycles. The number of amides is 1. The smallest absolute Gasteiger partial charge is 0.321 e. The van der Waals surface area contributed by atoms with E-state index in [0.29, 0.717) is 17.1 Å². The Balaban J connectivity index is 2.74. The van der Waals surface area contributed by atoms with Crippen molar-refractivity contribution < 1.29 is 23.8 Å². The Bertz CT molecular complexity index is 469. The number of hydrogen-bond donors (Lipinski definition) is 1. The standard InChI is InChI=1S/C13H16BrNO5/c1-18-9-4-8(5-10(6-9)19-2)12(16)15-7-11(14)13(17)20-3/h4-6,11H,7H2,1-3H3,(H,15,16). The van der Waals surface area contributed by atoms with Gasteiger partial charge in [0, 0.05) is 18.2 Å². The molecule has 110 valence electrons. The van der Waals surface area contributed by atoms with Crippen molar-refractivity contribution in [2.45, 2.75) is 4.83 Å². The fourth-order valence-corrected chi connectivity index (χ4v) is 1.78. The molecule has 1 amide bonds. The lowest BCUT2D eigenvalue weighted by Crippen LogP contribution is -2.33. The van der Waals surface area contributed by atoms with E-state index in [-0.39, 0.29) is 12.5 Å². The van der Waals surface area contributed by atoms with Crippen LogP contribution in [0.2, 0.25) is 0 Å². The molecule has 0 bridgehead atoms. The SMILES string of the molecule is COC(=O)C(Br)CNC(=O)c1cc(OC)cc(OC)c1. The molecule has 1 aromatic carbocycles. The molecule has 1 rings (SSSR count). The van der Waals surface area contributed by atoms with Gasteiger partial charge in [-0.3, -0.25) is 9.59 Å². The summed E-state index contributed by atoms with van der Waals surface area (Å²) in [6.45, 7) is 0.116. The fourth-order valence-electron chi connectivity index (χ4n) is 1.43. The van der Waals surface area contributed by atoms with Crippen LogP contribution < -0.4 is 14.8 Å². The summed E-state index contributed by atoms with van der Waals surface area (Å²) >= 11 is 3.12. The molecular formula is C13H16BrNO5. The zero-order chi connectivity index (χ0) is 15.1. The van der Waals surface area contributed by atoms with Crippen LogP contribution in [0, 0.1) is 0 Å². The Morgan fingerprint density at radius 3 is 2.15 bits per heavy atom. The summed E-state index contributed by atoms with van der Waals surface area (Å²) in [7, 11) is 4.29. The van der Waals surface area contributed by atoms with Gasteiger partial charge in [0.25, 0.3) is 5.91 Å². The molecule has 0 fully saturated rings. The summed E-state index contributed by atoms with van der Waals surface area (Å²) < 4.78 is 14.7. The molecular weight excluding hydrogens is 330 g/mol. The third-order valence-corrected chi connectivity index (χ3v) is 3.21. The minimum Gasteiger partial charge on any atom is -0.497 e. The molecule has 1 unspecified atom stereocenters. The first-order chi connectivity index (χ1) is 9.51. The van der Waals surface area contributed by atoms with Crippen molar-refractivity contribution in [3.05, 3.63) is 23.8 Å². The lowest BCUT2D eigenvalue weighted by molar-refractivity contribution is -0.139. The molecule has 6 nitrogen and oxygen atoms in total. The van der Waals surface area contributed by atoms with Crippen molar-refractivity contribution in [1.82, 2.24) is 5.32 Å². The number of nitrogens with one attached hydrogen (secondary N) is 1. The molecule has 1 aromatic rings. The van der Waals surface area contributed by atoms with Gasteiger partial charge in [0.1, 0.15) is 16.3 Å². The second kappa shape index (κ2) is 7.74. The van der Waals surface area contributed by atoms with Gasteiger partial charge in [-0.1, -0.05) is 15.9 Å².